The molecule has 0 radical (unpaired) electrons. The molecular formula is C24H23Cl3N4O4. The predicted molar refractivity (Wildman–Crippen MR) is 134 cm³/mol. The molecule has 1 aliphatic rings. The van der Waals surface area contributed by atoms with Gasteiger partial charge in [-0.1, -0.05) is 40.0 Å². The van der Waals surface area contributed by atoms with Gasteiger partial charge in [0, 0.05) is 22.2 Å². The second-order valence-electron chi connectivity index (χ2n) is 8.09. The van der Waals surface area contributed by atoms with Gasteiger partial charge in [-0.25, -0.2) is 4.79 Å². The molecule has 35 heavy (non-hydrogen) atoms. The molecule has 3 aromatic rings. The number of ether oxygens (including phenoxy) is 1. The second-order valence-corrected chi connectivity index (χ2v) is 9.34. The summed E-state index contributed by atoms with van der Waals surface area (Å²) in [5, 5.41) is 8.17. The summed E-state index contributed by atoms with van der Waals surface area (Å²) >= 11 is 18.3. The first kappa shape index (κ1) is 25.4. The van der Waals surface area contributed by atoms with Crippen molar-refractivity contribution in [3.05, 3.63) is 62.9 Å². The van der Waals surface area contributed by atoms with Crippen LogP contribution in [0.3, 0.4) is 0 Å². The van der Waals surface area contributed by atoms with Crippen LogP contribution in [0.1, 0.15) is 36.0 Å². The summed E-state index contributed by atoms with van der Waals surface area (Å²) in [6.45, 7) is 3.84. The molecule has 1 aromatic heterocycles. The van der Waals surface area contributed by atoms with Crippen molar-refractivity contribution in [3.63, 3.8) is 0 Å². The number of esters is 1. The number of nitrogens with one attached hydrogen (secondary N) is 1. The van der Waals surface area contributed by atoms with E-state index in [1.165, 1.54) is 6.07 Å². The van der Waals surface area contributed by atoms with Crippen LogP contribution in [0.25, 0.3) is 11.4 Å². The minimum atomic E-state index is -0.524. The largest absolute Gasteiger partial charge is 0.462 e. The Morgan fingerprint density at radius 1 is 1.11 bits per heavy atom. The topological polar surface area (TPSA) is 97.6 Å². The molecule has 8 nitrogen and oxygen atoms in total. The molecule has 0 bridgehead atoms. The van der Waals surface area contributed by atoms with Crippen LogP contribution in [0.4, 0.5) is 5.69 Å². The zero-order valence-electron chi connectivity index (χ0n) is 18.9. The third kappa shape index (κ3) is 6.32. The van der Waals surface area contributed by atoms with Gasteiger partial charge in [-0.2, -0.15) is 4.98 Å². The molecule has 0 spiro atoms. The zero-order chi connectivity index (χ0) is 24.9. The Labute approximate surface area is 217 Å². The number of halogens is 3. The van der Waals surface area contributed by atoms with Crippen LogP contribution in [0.2, 0.25) is 15.1 Å². The van der Waals surface area contributed by atoms with Gasteiger partial charge in [0.25, 0.3) is 0 Å². The summed E-state index contributed by atoms with van der Waals surface area (Å²) in [5.74, 6) is 0.102. The molecule has 4 rings (SSSR count). The van der Waals surface area contributed by atoms with Gasteiger partial charge in [0.2, 0.25) is 17.6 Å². The van der Waals surface area contributed by atoms with Crippen molar-refractivity contribution in [1.29, 1.82) is 0 Å². The first-order chi connectivity index (χ1) is 16.8. The van der Waals surface area contributed by atoms with Crippen LogP contribution in [-0.4, -0.2) is 46.6 Å². The standard InChI is InChI=1S/C24H23Cl3N4O4/c1-2-34-24(33)18-12-16(4-6-19(18)26)28-23(32)14-7-9-31(10-8-14)13-21-29-22(30-35-21)17-5-3-15(25)11-20(17)27/h3-6,11-12,14H,2,7-10,13H2,1H3,(H,28,32). The van der Waals surface area contributed by atoms with E-state index < -0.39 is 5.97 Å². The first-order valence-electron chi connectivity index (χ1n) is 11.1. The van der Waals surface area contributed by atoms with Gasteiger partial charge in [0.05, 0.1) is 28.8 Å². The molecule has 11 heteroatoms. The smallest absolute Gasteiger partial charge is 0.339 e. The molecule has 0 unspecified atom stereocenters. The average Bonchev–Trinajstić information content (AvgIpc) is 3.29. The number of likely N-dealkylation sites (tertiary alicyclic amines) is 1. The normalized spacial score (nSPS) is 14.6. The molecular weight excluding hydrogens is 515 g/mol. The lowest BCUT2D eigenvalue weighted by Crippen LogP contribution is -2.37. The van der Waals surface area contributed by atoms with Crippen molar-refractivity contribution >= 4 is 52.4 Å². The summed E-state index contributed by atoms with van der Waals surface area (Å²) in [5.41, 5.74) is 1.37. The summed E-state index contributed by atoms with van der Waals surface area (Å²) in [6.07, 6.45) is 1.35. The number of anilines is 1. The van der Waals surface area contributed by atoms with E-state index in [1.807, 2.05) is 0 Å². The Kier molecular flexibility index (Phi) is 8.28. The summed E-state index contributed by atoms with van der Waals surface area (Å²) < 4.78 is 10.4. The van der Waals surface area contributed by atoms with Crippen molar-refractivity contribution in [2.75, 3.05) is 25.0 Å². The Bertz CT molecular complexity index is 1230. The fourth-order valence-corrected chi connectivity index (χ4v) is 4.54. The SMILES string of the molecule is CCOC(=O)c1cc(NC(=O)C2CCN(Cc3nc(-c4ccc(Cl)cc4Cl)no3)CC2)ccc1Cl. The Morgan fingerprint density at radius 3 is 2.60 bits per heavy atom. The quantitative estimate of drug-likeness (QED) is 0.385. The lowest BCUT2D eigenvalue weighted by molar-refractivity contribution is -0.121. The maximum atomic E-state index is 12.8. The van der Waals surface area contributed by atoms with Crippen molar-refractivity contribution < 1.29 is 18.8 Å². The van der Waals surface area contributed by atoms with E-state index in [9.17, 15) is 9.59 Å². The van der Waals surface area contributed by atoms with Crippen LogP contribution in [0, 0.1) is 5.92 Å². The van der Waals surface area contributed by atoms with Gasteiger partial charge in [0.1, 0.15) is 0 Å². The molecule has 1 amide bonds. The number of carbonyl (C=O) groups excluding carboxylic acids is 2. The van der Waals surface area contributed by atoms with Crippen LogP contribution in [0.5, 0.6) is 0 Å². The van der Waals surface area contributed by atoms with E-state index in [-0.39, 0.29) is 29.0 Å². The lowest BCUT2D eigenvalue weighted by Gasteiger charge is -2.30. The molecule has 0 atom stereocenters. The van der Waals surface area contributed by atoms with Gasteiger partial charge in [0.15, 0.2) is 0 Å². The van der Waals surface area contributed by atoms with Gasteiger partial charge < -0.3 is 14.6 Å². The van der Waals surface area contributed by atoms with Crippen LogP contribution >= 0.6 is 34.8 Å². The van der Waals surface area contributed by atoms with E-state index in [4.69, 9.17) is 44.1 Å². The highest BCUT2D eigenvalue weighted by Gasteiger charge is 2.26. The maximum absolute atomic E-state index is 12.8. The van der Waals surface area contributed by atoms with Crippen LogP contribution < -0.4 is 5.32 Å². The van der Waals surface area contributed by atoms with Crippen molar-refractivity contribution in [2.45, 2.75) is 26.3 Å². The van der Waals surface area contributed by atoms with E-state index in [0.29, 0.717) is 65.5 Å². The number of hydrogen-bond donors (Lipinski definition) is 1. The molecule has 184 valence electrons. The second kappa shape index (κ2) is 11.4. The number of aromatic nitrogens is 2. The van der Waals surface area contributed by atoms with Gasteiger partial charge >= 0.3 is 5.97 Å². The highest BCUT2D eigenvalue weighted by atomic mass is 35.5. The number of benzene rings is 2. The fourth-order valence-electron chi connectivity index (χ4n) is 3.86. The number of nitrogens with zero attached hydrogens (tertiary/aromatic N) is 3. The highest BCUT2D eigenvalue weighted by molar-refractivity contribution is 6.36. The molecule has 1 aliphatic heterocycles. The van der Waals surface area contributed by atoms with Crippen molar-refractivity contribution in [1.82, 2.24) is 15.0 Å². The van der Waals surface area contributed by atoms with Crippen molar-refractivity contribution in [2.24, 2.45) is 5.92 Å². The first-order valence-corrected chi connectivity index (χ1v) is 12.2. The molecule has 2 heterocycles. The number of piperidine rings is 1. The molecule has 1 saturated heterocycles. The highest BCUT2D eigenvalue weighted by Crippen LogP contribution is 2.29. The Morgan fingerprint density at radius 2 is 1.89 bits per heavy atom. The average molecular weight is 538 g/mol. The van der Waals surface area contributed by atoms with Gasteiger partial charge in [-0.3, -0.25) is 9.69 Å². The van der Waals surface area contributed by atoms with E-state index >= 15 is 0 Å². The minimum absolute atomic E-state index is 0.0979. The van der Waals surface area contributed by atoms with E-state index in [2.05, 4.69) is 20.4 Å². The van der Waals surface area contributed by atoms with E-state index in [1.54, 1.807) is 37.3 Å². The van der Waals surface area contributed by atoms with Crippen LogP contribution in [0.15, 0.2) is 40.9 Å². The third-order valence-corrected chi connectivity index (χ3v) is 6.56. The lowest BCUT2D eigenvalue weighted by atomic mass is 9.95. The molecule has 1 fully saturated rings. The van der Waals surface area contributed by atoms with Gasteiger partial charge in [-0.05, 0) is 69.3 Å². The number of carbonyl (C=O) groups is 2. The van der Waals surface area contributed by atoms with Crippen LogP contribution in [-0.2, 0) is 16.1 Å². The number of hydrogen-bond acceptors (Lipinski definition) is 7. The van der Waals surface area contributed by atoms with Crippen molar-refractivity contribution in [3.8, 4) is 11.4 Å². The van der Waals surface area contributed by atoms with Gasteiger partial charge in [-0.15, -0.1) is 0 Å². The number of amides is 1. The zero-order valence-corrected chi connectivity index (χ0v) is 21.2. The fraction of sp³-hybridized carbons (Fsp3) is 0.333. The molecule has 0 saturated carbocycles. The third-order valence-electron chi connectivity index (χ3n) is 5.69. The summed E-state index contributed by atoms with van der Waals surface area (Å²) in [7, 11) is 0. The monoisotopic (exact) mass is 536 g/mol. The van der Waals surface area contributed by atoms with E-state index in [0.717, 1.165) is 0 Å². The maximum Gasteiger partial charge on any atom is 0.339 e. The molecule has 2 aromatic carbocycles. The summed E-state index contributed by atoms with van der Waals surface area (Å²) in [4.78, 5) is 31.4. The Hall–Kier alpha value is -2.65. The molecule has 1 N–H and O–H groups in total. The number of rotatable bonds is 7. The minimum Gasteiger partial charge on any atom is -0.462 e. The molecule has 0 aliphatic carbocycles. The predicted octanol–water partition coefficient (Wildman–Crippen LogP) is 5.72. The summed E-state index contributed by atoms with van der Waals surface area (Å²) in [6, 6.07) is 9.87. The Balaban J connectivity index is 1.31.